The van der Waals surface area contributed by atoms with Crippen molar-refractivity contribution >= 4 is 65.4 Å². The Labute approximate surface area is 403 Å². The monoisotopic (exact) mass is 893 g/mol. The second-order valence-electron chi connectivity index (χ2n) is 18.7. The summed E-state index contributed by atoms with van der Waals surface area (Å²) in [5, 5.41) is 6.39. The molecule has 0 saturated carbocycles. The van der Waals surface area contributed by atoms with Gasteiger partial charge >= 0.3 is 0 Å². The third kappa shape index (κ3) is 6.53. The summed E-state index contributed by atoms with van der Waals surface area (Å²) >= 11 is 0. The van der Waals surface area contributed by atoms with Crippen LogP contribution in [0.4, 0.5) is 0 Å². The van der Waals surface area contributed by atoms with Crippen LogP contribution in [-0.2, 0) is 5.41 Å². The van der Waals surface area contributed by atoms with Crippen molar-refractivity contribution in [2.24, 2.45) is 0 Å². The van der Waals surface area contributed by atoms with Gasteiger partial charge < -0.3 is 13.9 Å². The van der Waals surface area contributed by atoms with E-state index in [1.165, 1.54) is 5.56 Å². The van der Waals surface area contributed by atoms with Crippen molar-refractivity contribution < 1.29 is 8.85 Å². The number of hydrogen-bond donors (Lipinski definition) is 0. The van der Waals surface area contributed by atoms with Crippen LogP contribution in [0.3, 0.4) is 0 Å². The molecule has 6 heterocycles. The molecule has 0 unspecified atom stereocenters. The molecule has 0 aliphatic carbocycles. The molecule has 7 aromatic carbocycles. The van der Waals surface area contributed by atoms with Crippen molar-refractivity contribution in [3.63, 3.8) is 0 Å². The Balaban J connectivity index is 1.03. The predicted octanol–water partition coefficient (Wildman–Crippen LogP) is 15.9. The SMILES string of the molecule is [2H]C([2H])([2H])c1cc(-n2c3ccccc3c3ccc(Oc4cncc(-c5cc(C(C)(C)C)ccn5)c4)cc32)ncc1-c1c(-n2c3ccccc3c3ccccc32)cccc1-n1c2ccccc2c2ccccc21. The van der Waals surface area contributed by atoms with E-state index in [1.807, 2.05) is 59.3 Å². The van der Waals surface area contributed by atoms with Crippen LogP contribution in [0.2, 0.25) is 0 Å². The van der Waals surface area contributed by atoms with Crippen LogP contribution in [0.5, 0.6) is 11.5 Å². The Morgan fingerprint density at radius 2 is 1.00 bits per heavy atom. The topological polar surface area (TPSA) is 62.7 Å². The van der Waals surface area contributed by atoms with Crippen LogP contribution in [0.1, 0.15) is 36.0 Å². The lowest BCUT2D eigenvalue weighted by atomic mass is 9.87. The number of fused-ring (bicyclic) bond motifs is 9. The molecular weight excluding hydrogens is 845 g/mol. The standard InChI is InChI=1S/C62H46N6O/c1-39-32-60(68-56-25-14-9-20-48(56)49-29-28-42(35-59(49)68)69-43-33-40(36-63-37-43)51-34-41(30-31-64-51)62(2,3)4)65-38-50(39)61-57(66-52-21-10-5-16-44(52)45-17-6-11-22-53(45)66)26-15-27-58(61)67-54-23-12-7-18-46(54)47-19-8-13-24-55(47)67/h5-38H,1-4H3/i1D3. The van der Waals surface area contributed by atoms with Gasteiger partial charge in [-0.05, 0) is 102 Å². The fourth-order valence-electron chi connectivity index (χ4n) is 10.4. The second-order valence-corrected chi connectivity index (χ2v) is 18.7. The molecule has 0 spiro atoms. The number of pyridine rings is 3. The molecule has 7 heteroatoms. The lowest BCUT2D eigenvalue weighted by Crippen LogP contribution is -2.11. The maximum Gasteiger partial charge on any atom is 0.146 e. The van der Waals surface area contributed by atoms with Crippen LogP contribution >= 0.6 is 0 Å². The molecule has 0 aliphatic rings. The summed E-state index contributed by atoms with van der Waals surface area (Å²) in [6.45, 7) is 3.99. The van der Waals surface area contributed by atoms with Gasteiger partial charge in [0.15, 0.2) is 0 Å². The summed E-state index contributed by atoms with van der Waals surface area (Å²) < 4.78 is 41.2. The highest BCUT2D eigenvalue weighted by Crippen LogP contribution is 2.44. The van der Waals surface area contributed by atoms with E-state index in [4.69, 9.17) is 9.72 Å². The number of hydrogen-bond acceptors (Lipinski definition) is 4. The number of nitrogens with zero attached hydrogens (tertiary/aromatic N) is 6. The minimum Gasteiger partial charge on any atom is -0.456 e. The van der Waals surface area contributed by atoms with Gasteiger partial charge in [0.05, 0.1) is 56.4 Å². The molecule has 0 radical (unpaired) electrons. The largest absolute Gasteiger partial charge is 0.456 e. The quantitative estimate of drug-likeness (QED) is 0.160. The summed E-state index contributed by atoms with van der Waals surface area (Å²) in [5.74, 6) is 1.62. The van der Waals surface area contributed by atoms with Crippen LogP contribution in [0, 0.1) is 6.85 Å². The summed E-state index contributed by atoms with van der Waals surface area (Å²) in [5.41, 5.74) is 11.6. The Hall–Kier alpha value is -8.81. The number of aryl methyl sites for hydroxylation is 1. The van der Waals surface area contributed by atoms with E-state index in [1.54, 1.807) is 24.7 Å². The van der Waals surface area contributed by atoms with Crippen molar-refractivity contribution in [1.82, 2.24) is 28.7 Å². The molecule has 0 aliphatic heterocycles. The highest BCUT2D eigenvalue weighted by atomic mass is 16.5. The molecular formula is C62H46N6O. The van der Waals surface area contributed by atoms with Crippen molar-refractivity contribution in [2.45, 2.75) is 33.0 Å². The zero-order valence-corrected chi connectivity index (χ0v) is 38.2. The molecule has 69 heavy (non-hydrogen) atoms. The summed E-state index contributed by atoms with van der Waals surface area (Å²) in [6, 6.07) is 61.9. The van der Waals surface area contributed by atoms with E-state index in [0.29, 0.717) is 22.9 Å². The second kappa shape index (κ2) is 15.6. The van der Waals surface area contributed by atoms with Crippen LogP contribution in [-0.4, -0.2) is 28.7 Å². The van der Waals surface area contributed by atoms with E-state index in [9.17, 15) is 4.11 Å². The van der Waals surface area contributed by atoms with E-state index in [2.05, 4.69) is 167 Å². The molecule has 13 aromatic rings. The Bertz CT molecular complexity index is 4070. The maximum absolute atomic E-state index is 9.36. The van der Waals surface area contributed by atoms with Crippen molar-refractivity contribution in [3.05, 3.63) is 218 Å². The first kappa shape index (κ1) is 37.3. The summed E-state index contributed by atoms with van der Waals surface area (Å²) in [6.07, 6.45) is 7.10. The highest BCUT2D eigenvalue weighted by molar-refractivity contribution is 6.12. The number of para-hydroxylation sites is 5. The zero-order chi connectivity index (χ0) is 48.9. The molecule has 13 rings (SSSR count). The first-order chi connectivity index (χ1) is 35.0. The van der Waals surface area contributed by atoms with Gasteiger partial charge in [0.1, 0.15) is 17.3 Å². The third-order valence-corrected chi connectivity index (χ3v) is 13.6. The van der Waals surface area contributed by atoms with Crippen LogP contribution < -0.4 is 4.74 Å². The maximum atomic E-state index is 9.36. The molecule has 0 fully saturated rings. The number of ether oxygens (including phenoxy) is 1. The molecule has 6 aromatic heterocycles. The van der Waals surface area contributed by atoms with Crippen molar-refractivity contribution in [1.29, 1.82) is 0 Å². The number of aromatic nitrogens is 6. The minimum atomic E-state index is -2.56. The molecule has 0 amide bonds. The molecule has 330 valence electrons. The van der Waals surface area contributed by atoms with E-state index in [0.717, 1.165) is 93.6 Å². The molecule has 0 bridgehead atoms. The van der Waals surface area contributed by atoms with Gasteiger partial charge in [-0.3, -0.25) is 14.5 Å². The molecule has 0 N–H and O–H groups in total. The molecule has 7 nitrogen and oxygen atoms in total. The Kier molecular flexibility index (Phi) is 8.46. The van der Waals surface area contributed by atoms with Crippen LogP contribution in [0.15, 0.2) is 207 Å². The third-order valence-electron chi connectivity index (χ3n) is 13.6. The van der Waals surface area contributed by atoms with Crippen LogP contribution in [0.25, 0.3) is 105 Å². The Morgan fingerprint density at radius 1 is 0.464 bits per heavy atom. The van der Waals surface area contributed by atoms with Gasteiger partial charge in [-0.1, -0.05) is 118 Å². The van der Waals surface area contributed by atoms with E-state index >= 15 is 0 Å². The average molecular weight is 894 g/mol. The van der Waals surface area contributed by atoms with Gasteiger partial charge in [-0.2, -0.15) is 0 Å². The minimum absolute atomic E-state index is 0.0408. The lowest BCUT2D eigenvalue weighted by Gasteiger charge is -2.21. The average Bonchev–Trinajstić information content (AvgIpc) is 4.04. The zero-order valence-electron chi connectivity index (χ0n) is 41.2. The first-order valence-electron chi connectivity index (χ1n) is 24.7. The first-order valence-corrected chi connectivity index (χ1v) is 23.2. The van der Waals surface area contributed by atoms with Gasteiger partial charge in [-0.15, -0.1) is 0 Å². The van der Waals surface area contributed by atoms with Crippen molar-refractivity contribution in [3.8, 4) is 51.1 Å². The fraction of sp³-hybridized carbons (Fsp3) is 0.0806. The highest BCUT2D eigenvalue weighted by Gasteiger charge is 2.24. The van der Waals surface area contributed by atoms with Gasteiger partial charge in [0, 0.05) is 77.8 Å². The number of benzene rings is 7. The van der Waals surface area contributed by atoms with E-state index in [-0.39, 0.29) is 11.0 Å². The lowest BCUT2D eigenvalue weighted by molar-refractivity contribution is 0.481. The fourth-order valence-corrected chi connectivity index (χ4v) is 10.4. The van der Waals surface area contributed by atoms with E-state index < -0.39 is 6.85 Å². The van der Waals surface area contributed by atoms with Gasteiger partial charge in [0.25, 0.3) is 0 Å². The molecule has 0 atom stereocenters. The smallest absolute Gasteiger partial charge is 0.146 e. The Morgan fingerprint density at radius 3 is 1.55 bits per heavy atom. The predicted molar refractivity (Wildman–Crippen MR) is 284 cm³/mol. The normalized spacial score (nSPS) is 12.9. The summed E-state index contributed by atoms with van der Waals surface area (Å²) in [7, 11) is 0. The summed E-state index contributed by atoms with van der Waals surface area (Å²) in [4.78, 5) is 14.5. The van der Waals surface area contributed by atoms with Gasteiger partial charge in [-0.25, -0.2) is 4.98 Å². The van der Waals surface area contributed by atoms with Crippen molar-refractivity contribution in [2.75, 3.05) is 0 Å². The number of rotatable bonds is 7. The molecule has 0 saturated heterocycles. The van der Waals surface area contributed by atoms with Gasteiger partial charge in [0.2, 0.25) is 0 Å².